The van der Waals surface area contributed by atoms with E-state index < -0.39 is 9.84 Å². The summed E-state index contributed by atoms with van der Waals surface area (Å²) in [5, 5.41) is 4.09. The van der Waals surface area contributed by atoms with Crippen molar-refractivity contribution in [2.45, 2.75) is 19.4 Å². The van der Waals surface area contributed by atoms with Crippen molar-refractivity contribution in [3.8, 4) is 0 Å². The lowest BCUT2D eigenvalue weighted by atomic mass is 10.2. The van der Waals surface area contributed by atoms with Gasteiger partial charge < -0.3 is 11.1 Å². The second-order valence-corrected chi connectivity index (χ2v) is 8.21. The minimum atomic E-state index is -2.91. The molecule has 0 aliphatic carbocycles. The molecule has 1 fully saturated rings. The van der Waals surface area contributed by atoms with Gasteiger partial charge in [0.1, 0.15) is 10.6 Å². The lowest BCUT2D eigenvalue weighted by Crippen LogP contribution is -2.21. The van der Waals surface area contributed by atoms with Crippen molar-refractivity contribution in [1.29, 1.82) is 0 Å². The number of hydrogen-bond acceptors (Lipinski definition) is 7. The molecule has 0 amide bonds. The molecule has 6 nitrogen and oxygen atoms in total. The quantitative estimate of drug-likeness (QED) is 0.864. The predicted octanol–water partition coefficient (Wildman–Crippen LogP) is 1.18. The summed E-state index contributed by atoms with van der Waals surface area (Å²) in [5.74, 6) is 1.23. The van der Waals surface area contributed by atoms with E-state index in [1.807, 2.05) is 13.0 Å². The minimum Gasteiger partial charge on any atom is -0.368 e. The van der Waals surface area contributed by atoms with Crippen LogP contribution in [0.15, 0.2) is 6.07 Å². The van der Waals surface area contributed by atoms with Gasteiger partial charge in [-0.05, 0) is 19.4 Å². The van der Waals surface area contributed by atoms with E-state index in [-0.39, 0.29) is 23.5 Å². The highest BCUT2D eigenvalue weighted by Gasteiger charge is 2.28. The van der Waals surface area contributed by atoms with Crippen LogP contribution in [0.5, 0.6) is 0 Å². The van der Waals surface area contributed by atoms with Crippen molar-refractivity contribution in [2.75, 3.05) is 22.6 Å². The molecular weight excluding hydrogens is 284 g/mol. The van der Waals surface area contributed by atoms with Gasteiger partial charge in [-0.25, -0.2) is 13.4 Å². The Morgan fingerprint density at radius 3 is 2.95 bits per heavy atom. The molecule has 1 unspecified atom stereocenters. The van der Waals surface area contributed by atoms with Crippen LogP contribution < -0.4 is 11.1 Å². The van der Waals surface area contributed by atoms with Crippen LogP contribution in [0.1, 0.15) is 11.3 Å². The number of aryl methyl sites for hydroxylation is 1. The van der Waals surface area contributed by atoms with Gasteiger partial charge in [0.15, 0.2) is 9.84 Å². The molecule has 102 valence electrons. The standard InChI is InChI=1S/C11H14N4O2S2/c1-6-4-8-9(14-11(12)15-10(8)18-6)13-7-2-3-19(16,17)5-7/h4,7H,2-3,5H2,1H3,(H3,12,13,14,15). The smallest absolute Gasteiger partial charge is 0.223 e. The van der Waals surface area contributed by atoms with Crippen LogP contribution in [0, 0.1) is 6.92 Å². The number of nitrogen functional groups attached to an aromatic ring is 1. The molecule has 3 N–H and O–H groups in total. The van der Waals surface area contributed by atoms with Crippen LogP contribution in [-0.4, -0.2) is 35.9 Å². The average molecular weight is 298 g/mol. The Hall–Kier alpha value is -1.41. The van der Waals surface area contributed by atoms with Gasteiger partial charge in [-0.2, -0.15) is 4.98 Å². The number of anilines is 2. The predicted molar refractivity (Wildman–Crippen MR) is 77.2 cm³/mol. The number of thiophene rings is 1. The van der Waals surface area contributed by atoms with Gasteiger partial charge >= 0.3 is 0 Å². The molecule has 0 bridgehead atoms. The fourth-order valence-electron chi connectivity index (χ4n) is 2.27. The molecule has 0 saturated carbocycles. The van der Waals surface area contributed by atoms with Gasteiger partial charge in [-0.15, -0.1) is 11.3 Å². The summed E-state index contributed by atoms with van der Waals surface area (Å²) in [6.07, 6.45) is 0.608. The number of aromatic nitrogens is 2. The van der Waals surface area contributed by atoms with Crippen LogP contribution >= 0.6 is 11.3 Å². The molecule has 0 radical (unpaired) electrons. The fraction of sp³-hybridized carbons (Fsp3) is 0.455. The number of fused-ring (bicyclic) bond motifs is 1. The molecule has 0 aromatic carbocycles. The number of sulfone groups is 1. The fourth-order valence-corrected chi connectivity index (χ4v) is 4.83. The Labute approximate surface area is 115 Å². The van der Waals surface area contributed by atoms with Crippen molar-refractivity contribution in [3.63, 3.8) is 0 Å². The lowest BCUT2D eigenvalue weighted by Gasteiger charge is -2.12. The first-order chi connectivity index (χ1) is 8.93. The zero-order chi connectivity index (χ0) is 13.6. The summed E-state index contributed by atoms with van der Waals surface area (Å²) >= 11 is 1.55. The molecule has 1 aliphatic heterocycles. The first kappa shape index (κ1) is 12.6. The average Bonchev–Trinajstić information content (AvgIpc) is 2.81. The summed E-state index contributed by atoms with van der Waals surface area (Å²) < 4.78 is 22.9. The van der Waals surface area contributed by atoms with Crippen LogP contribution in [0.4, 0.5) is 11.8 Å². The Morgan fingerprint density at radius 2 is 2.26 bits per heavy atom. The van der Waals surface area contributed by atoms with Gasteiger partial charge in [0, 0.05) is 10.9 Å². The highest BCUT2D eigenvalue weighted by atomic mass is 32.2. The van der Waals surface area contributed by atoms with E-state index >= 15 is 0 Å². The number of rotatable bonds is 2. The van der Waals surface area contributed by atoms with E-state index in [2.05, 4.69) is 15.3 Å². The second-order valence-electron chi connectivity index (χ2n) is 4.75. The van der Waals surface area contributed by atoms with E-state index in [1.54, 1.807) is 11.3 Å². The summed E-state index contributed by atoms with van der Waals surface area (Å²) in [6, 6.07) is 1.90. The first-order valence-corrected chi connectivity index (χ1v) is 8.57. The van der Waals surface area contributed by atoms with E-state index in [1.165, 1.54) is 0 Å². The number of hydrogen-bond donors (Lipinski definition) is 2. The number of nitrogens with one attached hydrogen (secondary N) is 1. The third kappa shape index (κ3) is 2.50. The third-order valence-electron chi connectivity index (χ3n) is 3.11. The number of nitrogens with two attached hydrogens (primary N) is 1. The van der Waals surface area contributed by atoms with Crippen molar-refractivity contribution in [2.24, 2.45) is 0 Å². The van der Waals surface area contributed by atoms with Crippen LogP contribution in [0.3, 0.4) is 0 Å². The van der Waals surface area contributed by atoms with Gasteiger partial charge in [0.25, 0.3) is 0 Å². The molecule has 19 heavy (non-hydrogen) atoms. The van der Waals surface area contributed by atoms with Crippen LogP contribution in [-0.2, 0) is 9.84 Å². The molecule has 0 spiro atoms. The zero-order valence-corrected chi connectivity index (χ0v) is 12.0. The lowest BCUT2D eigenvalue weighted by molar-refractivity contribution is 0.602. The Balaban J connectivity index is 1.96. The Kier molecular flexibility index (Phi) is 2.86. The SMILES string of the molecule is Cc1cc2c(NC3CCS(=O)(=O)C3)nc(N)nc2s1. The molecule has 1 atom stereocenters. The van der Waals surface area contributed by atoms with Gasteiger partial charge in [-0.3, -0.25) is 0 Å². The Morgan fingerprint density at radius 1 is 1.47 bits per heavy atom. The molecule has 1 aliphatic rings. The maximum Gasteiger partial charge on any atom is 0.223 e. The van der Waals surface area contributed by atoms with Crippen molar-refractivity contribution in [3.05, 3.63) is 10.9 Å². The molecule has 3 rings (SSSR count). The number of nitrogens with zero attached hydrogens (tertiary/aromatic N) is 2. The van der Waals surface area contributed by atoms with Crippen molar-refractivity contribution in [1.82, 2.24) is 9.97 Å². The largest absolute Gasteiger partial charge is 0.368 e. The zero-order valence-electron chi connectivity index (χ0n) is 10.4. The van der Waals surface area contributed by atoms with Crippen LogP contribution in [0.2, 0.25) is 0 Å². The van der Waals surface area contributed by atoms with E-state index in [4.69, 9.17) is 5.73 Å². The second kappa shape index (κ2) is 4.31. The molecule has 2 aromatic rings. The van der Waals surface area contributed by atoms with E-state index in [0.29, 0.717) is 12.2 Å². The summed E-state index contributed by atoms with van der Waals surface area (Å²) in [5.41, 5.74) is 5.69. The highest BCUT2D eigenvalue weighted by Crippen LogP contribution is 2.30. The van der Waals surface area contributed by atoms with E-state index in [9.17, 15) is 8.42 Å². The maximum atomic E-state index is 11.5. The van der Waals surface area contributed by atoms with Gasteiger partial charge in [0.2, 0.25) is 5.95 Å². The molecular formula is C11H14N4O2S2. The van der Waals surface area contributed by atoms with Crippen molar-refractivity contribution >= 4 is 43.2 Å². The minimum absolute atomic E-state index is 0.0947. The monoisotopic (exact) mass is 298 g/mol. The maximum absolute atomic E-state index is 11.5. The molecule has 8 heteroatoms. The summed E-state index contributed by atoms with van der Waals surface area (Å²) in [4.78, 5) is 10.3. The molecule has 2 aromatic heterocycles. The first-order valence-electron chi connectivity index (χ1n) is 5.93. The highest BCUT2D eigenvalue weighted by molar-refractivity contribution is 7.91. The normalized spacial score (nSPS) is 21.8. The van der Waals surface area contributed by atoms with Crippen LogP contribution in [0.25, 0.3) is 10.2 Å². The van der Waals surface area contributed by atoms with E-state index in [0.717, 1.165) is 15.1 Å². The van der Waals surface area contributed by atoms with Gasteiger partial charge in [0.05, 0.1) is 16.9 Å². The van der Waals surface area contributed by atoms with Crippen molar-refractivity contribution < 1.29 is 8.42 Å². The topological polar surface area (TPSA) is 98.0 Å². The summed E-state index contributed by atoms with van der Waals surface area (Å²) in [7, 11) is -2.91. The van der Waals surface area contributed by atoms with Gasteiger partial charge in [-0.1, -0.05) is 0 Å². The molecule has 3 heterocycles. The third-order valence-corrected chi connectivity index (χ3v) is 5.82. The Bertz CT molecular complexity index is 738. The molecule has 1 saturated heterocycles. The summed E-state index contributed by atoms with van der Waals surface area (Å²) in [6.45, 7) is 1.99.